The Hall–Kier alpha value is -0.240. The summed E-state index contributed by atoms with van der Waals surface area (Å²) in [6.07, 6.45) is 4.48. The molecule has 0 aromatic heterocycles. The zero-order valence-corrected chi connectivity index (χ0v) is 8.76. The fourth-order valence-corrected chi connectivity index (χ4v) is 2.67. The normalized spacial score (nSPS) is 33.8. The Morgan fingerprint density at radius 1 is 1.62 bits per heavy atom. The van der Waals surface area contributed by atoms with Gasteiger partial charge in [-0.2, -0.15) is 0 Å². The smallest absolute Gasteiger partial charge is 0.240 e. The van der Waals surface area contributed by atoms with E-state index in [-0.39, 0.29) is 11.3 Å². The maximum Gasteiger partial charge on any atom is 0.240 e. The van der Waals surface area contributed by atoms with Crippen molar-refractivity contribution >= 4 is 17.5 Å². The van der Waals surface area contributed by atoms with Crippen LogP contribution in [0.15, 0.2) is 0 Å². The zero-order valence-electron chi connectivity index (χ0n) is 8.00. The van der Waals surface area contributed by atoms with Crippen molar-refractivity contribution in [1.29, 1.82) is 0 Å². The standard InChI is InChI=1S/C10H16ClNO/c1-2-9(11)10(13)12-6-7-3-4-8(12)5-7/h7-9H,2-6H2,1H3/t7-,8-,9-/m0/s1. The van der Waals surface area contributed by atoms with E-state index in [0.717, 1.165) is 18.9 Å². The second-order valence-electron chi connectivity index (χ2n) is 4.20. The Labute approximate surface area is 84.2 Å². The molecule has 0 aromatic carbocycles. The van der Waals surface area contributed by atoms with Gasteiger partial charge in [0.15, 0.2) is 0 Å². The molecule has 1 aliphatic heterocycles. The van der Waals surface area contributed by atoms with Crippen molar-refractivity contribution in [2.75, 3.05) is 6.54 Å². The van der Waals surface area contributed by atoms with Gasteiger partial charge in [-0.3, -0.25) is 4.79 Å². The first-order valence-corrected chi connectivity index (χ1v) is 5.60. The first-order chi connectivity index (χ1) is 6.22. The van der Waals surface area contributed by atoms with Gasteiger partial charge in [-0.05, 0) is 31.6 Å². The van der Waals surface area contributed by atoms with Crippen molar-refractivity contribution in [2.45, 2.75) is 44.0 Å². The summed E-state index contributed by atoms with van der Waals surface area (Å²) >= 11 is 5.94. The van der Waals surface area contributed by atoms with Gasteiger partial charge in [0.25, 0.3) is 0 Å². The Morgan fingerprint density at radius 3 is 2.85 bits per heavy atom. The SMILES string of the molecule is CC[C@H](Cl)C(=O)N1C[C@H]2CC[C@H]1C2. The molecule has 1 amide bonds. The Kier molecular flexibility index (Phi) is 2.50. The van der Waals surface area contributed by atoms with E-state index in [1.54, 1.807) is 0 Å². The van der Waals surface area contributed by atoms with E-state index in [9.17, 15) is 4.79 Å². The van der Waals surface area contributed by atoms with Crippen molar-refractivity contribution in [3.05, 3.63) is 0 Å². The summed E-state index contributed by atoms with van der Waals surface area (Å²) in [4.78, 5) is 13.8. The van der Waals surface area contributed by atoms with Gasteiger partial charge in [0.2, 0.25) is 5.91 Å². The predicted molar refractivity (Wildman–Crippen MR) is 52.8 cm³/mol. The minimum Gasteiger partial charge on any atom is -0.338 e. The molecular weight excluding hydrogens is 186 g/mol. The van der Waals surface area contributed by atoms with E-state index in [0.29, 0.717) is 6.04 Å². The number of alkyl halides is 1. The zero-order chi connectivity index (χ0) is 9.42. The number of nitrogens with zero attached hydrogens (tertiary/aromatic N) is 1. The molecule has 2 nitrogen and oxygen atoms in total. The van der Waals surface area contributed by atoms with Crippen LogP contribution in [-0.4, -0.2) is 28.8 Å². The molecule has 0 radical (unpaired) electrons. The molecule has 1 saturated carbocycles. The molecule has 0 unspecified atom stereocenters. The van der Waals surface area contributed by atoms with Crippen LogP contribution >= 0.6 is 11.6 Å². The highest BCUT2D eigenvalue weighted by atomic mass is 35.5. The lowest BCUT2D eigenvalue weighted by Gasteiger charge is -2.28. The molecule has 0 N–H and O–H groups in total. The lowest BCUT2D eigenvalue weighted by molar-refractivity contribution is -0.132. The number of hydrogen-bond donors (Lipinski definition) is 0. The number of carbonyl (C=O) groups excluding carboxylic acids is 1. The third-order valence-electron chi connectivity index (χ3n) is 3.32. The van der Waals surface area contributed by atoms with Crippen molar-refractivity contribution in [1.82, 2.24) is 4.90 Å². The molecule has 13 heavy (non-hydrogen) atoms. The van der Waals surface area contributed by atoms with Gasteiger partial charge in [0, 0.05) is 12.6 Å². The molecule has 1 aliphatic carbocycles. The molecule has 0 aromatic rings. The summed E-state index contributed by atoms with van der Waals surface area (Å²) in [5.74, 6) is 0.936. The fourth-order valence-electron chi connectivity index (χ4n) is 2.55. The summed E-state index contributed by atoms with van der Waals surface area (Å²) in [7, 11) is 0. The van der Waals surface area contributed by atoms with Gasteiger partial charge >= 0.3 is 0 Å². The van der Waals surface area contributed by atoms with Gasteiger partial charge in [0.1, 0.15) is 5.38 Å². The Balaban J connectivity index is 1.98. The van der Waals surface area contributed by atoms with Crippen LogP contribution in [-0.2, 0) is 4.79 Å². The molecule has 2 aliphatic rings. The summed E-state index contributed by atoms with van der Waals surface area (Å²) < 4.78 is 0. The number of piperidine rings is 1. The maximum atomic E-state index is 11.8. The quantitative estimate of drug-likeness (QED) is 0.626. The fraction of sp³-hybridized carbons (Fsp3) is 0.900. The average molecular weight is 202 g/mol. The molecular formula is C10H16ClNO. The van der Waals surface area contributed by atoms with Crippen LogP contribution in [0.25, 0.3) is 0 Å². The number of likely N-dealkylation sites (tertiary alicyclic amines) is 1. The summed E-state index contributed by atoms with van der Waals surface area (Å²) in [6.45, 7) is 2.93. The molecule has 2 bridgehead atoms. The van der Waals surface area contributed by atoms with Crippen molar-refractivity contribution in [3.63, 3.8) is 0 Å². The van der Waals surface area contributed by atoms with E-state index in [2.05, 4.69) is 0 Å². The molecule has 3 atom stereocenters. The molecule has 74 valence electrons. The molecule has 1 heterocycles. The highest BCUT2D eigenvalue weighted by Crippen LogP contribution is 2.37. The second-order valence-corrected chi connectivity index (χ2v) is 4.73. The number of hydrogen-bond acceptors (Lipinski definition) is 1. The molecule has 2 fully saturated rings. The van der Waals surface area contributed by atoms with Crippen LogP contribution in [0, 0.1) is 5.92 Å². The molecule has 2 rings (SSSR count). The van der Waals surface area contributed by atoms with Crippen LogP contribution in [0.2, 0.25) is 0 Å². The van der Waals surface area contributed by atoms with Gasteiger partial charge in [-0.25, -0.2) is 0 Å². The van der Waals surface area contributed by atoms with E-state index in [1.807, 2.05) is 11.8 Å². The van der Waals surface area contributed by atoms with Crippen LogP contribution < -0.4 is 0 Å². The lowest BCUT2D eigenvalue weighted by Crippen LogP contribution is -2.41. The number of fused-ring (bicyclic) bond motifs is 2. The van der Waals surface area contributed by atoms with E-state index in [4.69, 9.17) is 11.6 Å². The Bertz CT molecular complexity index is 219. The van der Waals surface area contributed by atoms with Crippen LogP contribution in [0.1, 0.15) is 32.6 Å². The third-order valence-corrected chi connectivity index (χ3v) is 3.81. The van der Waals surface area contributed by atoms with Gasteiger partial charge in [0.05, 0.1) is 0 Å². The number of carbonyl (C=O) groups is 1. The first kappa shape index (κ1) is 9.32. The predicted octanol–water partition coefficient (Wildman–Crippen LogP) is 2.01. The minimum absolute atomic E-state index is 0.163. The van der Waals surface area contributed by atoms with Gasteiger partial charge in [-0.1, -0.05) is 6.92 Å². The lowest BCUT2D eigenvalue weighted by atomic mass is 10.1. The number of rotatable bonds is 2. The Morgan fingerprint density at radius 2 is 2.38 bits per heavy atom. The van der Waals surface area contributed by atoms with E-state index >= 15 is 0 Å². The van der Waals surface area contributed by atoms with E-state index < -0.39 is 0 Å². The van der Waals surface area contributed by atoms with Gasteiger partial charge < -0.3 is 4.90 Å². The van der Waals surface area contributed by atoms with Crippen LogP contribution in [0.3, 0.4) is 0 Å². The number of halogens is 1. The summed E-state index contributed by atoms with van der Waals surface area (Å²) in [5.41, 5.74) is 0. The second kappa shape index (κ2) is 3.49. The van der Waals surface area contributed by atoms with Gasteiger partial charge in [-0.15, -0.1) is 11.6 Å². The van der Waals surface area contributed by atoms with Crippen LogP contribution in [0.5, 0.6) is 0 Å². The minimum atomic E-state index is -0.292. The molecule has 3 heteroatoms. The topological polar surface area (TPSA) is 20.3 Å². The molecule has 0 spiro atoms. The summed E-state index contributed by atoms with van der Waals surface area (Å²) in [6, 6.07) is 0.519. The highest BCUT2D eigenvalue weighted by molar-refractivity contribution is 6.30. The van der Waals surface area contributed by atoms with Crippen molar-refractivity contribution in [2.24, 2.45) is 5.92 Å². The monoisotopic (exact) mass is 201 g/mol. The highest BCUT2D eigenvalue weighted by Gasteiger charge is 2.41. The molecule has 1 saturated heterocycles. The first-order valence-electron chi connectivity index (χ1n) is 5.17. The van der Waals surface area contributed by atoms with E-state index in [1.165, 1.54) is 19.3 Å². The third kappa shape index (κ3) is 1.56. The van der Waals surface area contributed by atoms with Crippen molar-refractivity contribution in [3.8, 4) is 0 Å². The van der Waals surface area contributed by atoms with Crippen molar-refractivity contribution < 1.29 is 4.79 Å². The largest absolute Gasteiger partial charge is 0.338 e. The maximum absolute atomic E-state index is 11.8. The van der Waals surface area contributed by atoms with Crippen LogP contribution in [0.4, 0.5) is 0 Å². The average Bonchev–Trinajstić information content (AvgIpc) is 2.76. The summed E-state index contributed by atoms with van der Waals surface area (Å²) in [5, 5.41) is -0.292. The number of amides is 1.